The summed E-state index contributed by atoms with van der Waals surface area (Å²) in [5, 5.41) is 11.7. The van der Waals surface area contributed by atoms with E-state index in [-0.39, 0.29) is 5.54 Å². The molecule has 0 aliphatic heterocycles. The summed E-state index contributed by atoms with van der Waals surface area (Å²) >= 11 is 0. The molecule has 4 nitrogen and oxygen atoms in total. The zero-order valence-corrected chi connectivity index (χ0v) is 9.98. The molecule has 0 radical (unpaired) electrons. The highest BCUT2D eigenvalue weighted by molar-refractivity contribution is 5.74. The van der Waals surface area contributed by atoms with Crippen LogP contribution in [-0.4, -0.2) is 20.7 Å². The summed E-state index contributed by atoms with van der Waals surface area (Å²) in [6.07, 6.45) is 4.93. The Kier molecular flexibility index (Phi) is 2.42. The smallest absolute Gasteiger partial charge is 0.243 e. The lowest BCUT2D eigenvalue weighted by molar-refractivity contribution is 0.527. The van der Waals surface area contributed by atoms with Crippen LogP contribution in [-0.2, 0) is 0 Å². The molecule has 3 rings (SSSR count). The Morgan fingerprint density at radius 1 is 1.06 bits per heavy atom. The van der Waals surface area contributed by atoms with Gasteiger partial charge in [-0.05, 0) is 31.9 Å². The lowest BCUT2D eigenvalue weighted by Gasteiger charge is -2.24. The molecule has 0 atom stereocenters. The van der Waals surface area contributed by atoms with E-state index in [0.29, 0.717) is 5.95 Å². The topological polar surface area (TPSA) is 50.7 Å². The normalized spacial score (nSPS) is 18.4. The Labute approximate surface area is 100 Å². The number of nitrogens with zero attached hydrogens (tertiary/aromatic N) is 3. The minimum atomic E-state index is 0.143. The molecule has 1 heterocycles. The Hall–Kier alpha value is -1.71. The van der Waals surface area contributed by atoms with Gasteiger partial charge < -0.3 is 5.32 Å². The third-order valence-electron chi connectivity index (χ3n) is 3.48. The van der Waals surface area contributed by atoms with Crippen LogP contribution >= 0.6 is 0 Å². The number of hydrogen-bond donors (Lipinski definition) is 1. The van der Waals surface area contributed by atoms with E-state index in [4.69, 9.17) is 0 Å². The molecular formula is C13H16N4. The Bertz CT molecular complexity index is 532. The maximum Gasteiger partial charge on any atom is 0.243 e. The van der Waals surface area contributed by atoms with Crippen LogP contribution in [0.25, 0.3) is 11.0 Å². The highest BCUT2D eigenvalue weighted by Crippen LogP contribution is 2.31. The molecule has 1 fully saturated rings. The fraction of sp³-hybridized carbons (Fsp3) is 0.462. The van der Waals surface area contributed by atoms with Gasteiger partial charge in [-0.25, -0.2) is 4.98 Å². The van der Waals surface area contributed by atoms with E-state index in [1.165, 1.54) is 25.7 Å². The Balaban J connectivity index is 1.90. The van der Waals surface area contributed by atoms with Gasteiger partial charge in [0.25, 0.3) is 0 Å². The van der Waals surface area contributed by atoms with E-state index in [2.05, 4.69) is 27.4 Å². The SMILES string of the molecule is CC1(Nc2nnc3ccccc3n2)CCCC1. The number of aromatic nitrogens is 3. The number of benzene rings is 1. The van der Waals surface area contributed by atoms with E-state index in [0.717, 1.165) is 11.0 Å². The van der Waals surface area contributed by atoms with E-state index in [9.17, 15) is 0 Å². The van der Waals surface area contributed by atoms with E-state index in [1.54, 1.807) is 0 Å². The van der Waals surface area contributed by atoms with Gasteiger partial charge in [0.1, 0.15) is 5.52 Å². The van der Waals surface area contributed by atoms with Crippen LogP contribution in [0.3, 0.4) is 0 Å². The van der Waals surface area contributed by atoms with Gasteiger partial charge in [0, 0.05) is 5.54 Å². The van der Waals surface area contributed by atoms with Gasteiger partial charge in [-0.3, -0.25) is 0 Å². The number of para-hydroxylation sites is 1. The average Bonchev–Trinajstić information content (AvgIpc) is 2.76. The molecule has 0 bridgehead atoms. The fourth-order valence-corrected chi connectivity index (χ4v) is 2.48. The van der Waals surface area contributed by atoms with Gasteiger partial charge in [-0.1, -0.05) is 25.0 Å². The van der Waals surface area contributed by atoms with Gasteiger partial charge in [-0.2, -0.15) is 0 Å². The predicted molar refractivity (Wildman–Crippen MR) is 67.8 cm³/mol. The van der Waals surface area contributed by atoms with Gasteiger partial charge in [0.15, 0.2) is 0 Å². The van der Waals surface area contributed by atoms with Crippen molar-refractivity contribution in [2.24, 2.45) is 0 Å². The number of anilines is 1. The van der Waals surface area contributed by atoms with Crippen LogP contribution in [0.5, 0.6) is 0 Å². The molecule has 88 valence electrons. The van der Waals surface area contributed by atoms with Crippen LogP contribution in [0, 0.1) is 0 Å². The van der Waals surface area contributed by atoms with Crippen molar-refractivity contribution in [3.8, 4) is 0 Å². The summed E-state index contributed by atoms with van der Waals surface area (Å²) in [6.45, 7) is 2.23. The van der Waals surface area contributed by atoms with Crippen molar-refractivity contribution >= 4 is 17.0 Å². The van der Waals surface area contributed by atoms with Gasteiger partial charge in [0.05, 0.1) is 5.52 Å². The Morgan fingerprint density at radius 3 is 2.53 bits per heavy atom. The lowest BCUT2D eigenvalue weighted by atomic mass is 10.0. The first-order chi connectivity index (χ1) is 8.25. The molecule has 1 saturated carbocycles. The first-order valence-electron chi connectivity index (χ1n) is 6.13. The summed E-state index contributed by atoms with van der Waals surface area (Å²) in [7, 11) is 0. The third kappa shape index (κ3) is 2.07. The average molecular weight is 228 g/mol. The van der Waals surface area contributed by atoms with Crippen molar-refractivity contribution in [3.63, 3.8) is 0 Å². The largest absolute Gasteiger partial charge is 0.348 e. The summed E-state index contributed by atoms with van der Waals surface area (Å²) in [4.78, 5) is 4.50. The van der Waals surface area contributed by atoms with Crippen LogP contribution < -0.4 is 5.32 Å². The molecule has 0 amide bonds. The predicted octanol–water partition coefficient (Wildman–Crippen LogP) is 2.77. The second-order valence-electron chi connectivity index (χ2n) is 5.02. The molecule has 1 aliphatic rings. The molecule has 4 heteroatoms. The van der Waals surface area contributed by atoms with E-state index in [1.807, 2.05) is 24.3 Å². The van der Waals surface area contributed by atoms with E-state index < -0.39 is 0 Å². The van der Waals surface area contributed by atoms with Gasteiger partial charge >= 0.3 is 0 Å². The summed E-state index contributed by atoms with van der Waals surface area (Å²) in [5.41, 5.74) is 1.88. The summed E-state index contributed by atoms with van der Waals surface area (Å²) in [5.74, 6) is 0.646. The zero-order valence-electron chi connectivity index (χ0n) is 9.98. The number of rotatable bonds is 2. The molecule has 1 N–H and O–H groups in total. The second-order valence-corrected chi connectivity index (χ2v) is 5.02. The minimum Gasteiger partial charge on any atom is -0.348 e. The third-order valence-corrected chi connectivity index (χ3v) is 3.48. The van der Waals surface area contributed by atoms with Crippen molar-refractivity contribution in [2.45, 2.75) is 38.1 Å². The maximum absolute atomic E-state index is 4.50. The molecular weight excluding hydrogens is 212 g/mol. The molecule has 0 unspecified atom stereocenters. The molecule has 1 aromatic carbocycles. The standard InChI is InChI=1S/C13H16N4/c1-13(8-4-5-9-13)15-12-14-10-6-2-3-7-11(10)16-17-12/h2-3,6-7H,4-5,8-9H2,1H3,(H,14,15,17). The van der Waals surface area contributed by atoms with Crippen LogP contribution in [0.1, 0.15) is 32.6 Å². The van der Waals surface area contributed by atoms with Crippen LogP contribution in [0.4, 0.5) is 5.95 Å². The molecule has 17 heavy (non-hydrogen) atoms. The summed E-state index contributed by atoms with van der Waals surface area (Å²) in [6, 6.07) is 7.81. The van der Waals surface area contributed by atoms with Crippen LogP contribution in [0.2, 0.25) is 0 Å². The minimum absolute atomic E-state index is 0.143. The highest BCUT2D eigenvalue weighted by atomic mass is 15.3. The molecule has 0 spiro atoms. The fourth-order valence-electron chi connectivity index (χ4n) is 2.48. The molecule has 1 aliphatic carbocycles. The quantitative estimate of drug-likeness (QED) is 0.858. The first-order valence-corrected chi connectivity index (χ1v) is 6.13. The Morgan fingerprint density at radius 2 is 1.76 bits per heavy atom. The first kappa shape index (κ1) is 10.4. The monoisotopic (exact) mass is 228 g/mol. The number of hydrogen-bond acceptors (Lipinski definition) is 4. The van der Waals surface area contributed by atoms with Crippen molar-refractivity contribution in [1.29, 1.82) is 0 Å². The lowest BCUT2D eigenvalue weighted by Crippen LogP contribution is -2.31. The van der Waals surface area contributed by atoms with Crippen molar-refractivity contribution < 1.29 is 0 Å². The van der Waals surface area contributed by atoms with Crippen molar-refractivity contribution in [2.75, 3.05) is 5.32 Å². The second kappa shape index (κ2) is 3.95. The van der Waals surface area contributed by atoms with Crippen molar-refractivity contribution in [3.05, 3.63) is 24.3 Å². The van der Waals surface area contributed by atoms with E-state index >= 15 is 0 Å². The van der Waals surface area contributed by atoms with Crippen molar-refractivity contribution in [1.82, 2.24) is 15.2 Å². The molecule has 1 aromatic heterocycles. The van der Waals surface area contributed by atoms with Gasteiger partial charge in [0.2, 0.25) is 5.95 Å². The van der Waals surface area contributed by atoms with Gasteiger partial charge in [-0.15, -0.1) is 10.2 Å². The maximum atomic E-state index is 4.50. The highest BCUT2D eigenvalue weighted by Gasteiger charge is 2.29. The molecule has 0 saturated heterocycles. The number of nitrogens with one attached hydrogen (secondary N) is 1. The summed E-state index contributed by atoms with van der Waals surface area (Å²) < 4.78 is 0. The molecule has 2 aromatic rings. The number of fused-ring (bicyclic) bond motifs is 1. The zero-order chi connectivity index (χ0) is 11.7. The van der Waals surface area contributed by atoms with Crippen LogP contribution in [0.15, 0.2) is 24.3 Å².